The van der Waals surface area contributed by atoms with E-state index in [1.165, 1.54) is 12.1 Å². The van der Waals surface area contributed by atoms with Crippen LogP contribution < -0.4 is 21.1 Å². The van der Waals surface area contributed by atoms with E-state index in [1.807, 2.05) is 17.7 Å². The maximum absolute atomic E-state index is 14.4. The number of hydrogen-bond donors (Lipinski definition) is 3. The van der Waals surface area contributed by atoms with Gasteiger partial charge in [0.05, 0.1) is 23.5 Å². The number of nitrogens with zero attached hydrogens (tertiary/aromatic N) is 5. The molecule has 0 saturated carbocycles. The number of carbonyl (C=O) groups is 1. The molecule has 2 aromatic carbocycles. The van der Waals surface area contributed by atoms with Gasteiger partial charge in [-0.25, -0.2) is 13.8 Å². The van der Waals surface area contributed by atoms with Gasteiger partial charge in [0.15, 0.2) is 11.6 Å². The summed E-state index contributed by atoms with van der Waals surface area (Å²) in [4.78, 5) is 32.9. The fourth-order valence-electron chi connectivity index (χ4n) is 5.17. The second-order valence-corrected chi connectivity index (χ2v) is 10.1. The monoisotopic (exact) mass is 551 g/mol. The van der Waals surface area contributed by atoms with E-state index in [-0.39, 0.29) is 24.3 Å². The van der Waals surface area contributed by atoms with Crippen LogP contribution in [0.4, 0.5) is 20.2 Å². The molecule has 12 heteroatoms. The second-order valence-electron chi connectivity index (χ2n) is 10.1. The molecule has 2 aromatic heterocycles. The van der Waals surface area contributed by atoms with Crippen molar-refractivity contribution < 1.29 is 18.7 Å². The Morgan fingerprint density at radius 2 is 1.88 bits per heavy atom. The van der Waals surface area contributed by atoms with Crippen LogP contribution >= 0.6 is 0 Å². The van der Waals surface area contributed by atoms with Gasteiger partial charge in [0.25, 0.3) is 11.5 Å². The second kappa shape index (κ2) is 11.1. The fourth-order valence-corrected chi connectivity index (χ4v) is 5.17. The molecule has 0 aliphatic carbocycles. The molecule has 0 radical (unpaired) electrons. The van der Waals surface area contributed by atoms with Crippen molar-refractivity contribution in [2.24, 2.45) is 7.05 Å². The molecule has 5 rings (SSSR count). The van der Waals surface area contributed by atoms with Gasteiger partial charge in [-0.3, -0.25) is 9.59 Å². The zero-order chi connectivity index (χ0) is 28.6. The molecule has 4 aromatic rings. The van der Waals surface area contributed by atoms with Gasteiger partial charge >= 0.3 is 0 Å². The van der Waals surface area contributed by atoms with Gasteiger partial charge in [-0.1, -0.05) is 19.9 Å². The lowest BCUT2D eigenvalue weighted by Gasteiger charge is -2.23. The Balaban J connectivity index is 1.54. The highest BCUT2D eigenvalue weighted by atomic mass is 19.1. The number of aliphatic hydroxyl groups excluding tert-OH is 1. The molecule has 0 unspecified atom stereocenters. The molecule has 40 heavy (non-hydrogen) atoms. The Morgan fingerprint density at radius 1 is 1.12 bits per heavy atom. The zero-order valence-electron chi connectivity index (χ0n) is 22.5. The van der Waals surface area contributed by atoms with E-state index >= 15 is 0 Å². The third-order valence-electron chi connectivity index (χ3n) is 7.06. The van der Waals surface area contributed by atoms with E-state index < -0.39 is 28.8 Å². The number of imidazole rings is 1. The Kier molecular flexibility index (Phi) is 7.63. The SMILES string of the molecule is CC(C)c1nc2c(N3CC[C@@H](NCCO)C3)c(NC(=O)c3ccc(=O)n(-c4c(F)cccc4F)n3)ccc2n1C. The van der Waals surface area contributed by atoms with Crippen molar-refractivity contribution in [1.82, 2.24) is 24.6 Å². The quantitative estimate of drug-likeness (QED) is 0.308. The van der Waals surface area contributed by atoms with E-state index in [2.05, 4.69) is 34.5 Å². The predicted molar refractivity (Wildman–Crippen MR) is 148 cm³/mol. The van der Waals surface area contributed by atoms with E-state index in [0.717, 1.165) is 47.2 Å². The van der Waals surface area contributed by atoms with Crippen LogP contribution in [-0.2, 0) is 7.05 Å². The topological polar surface area (TPSA) is 117 Å². The molecule has 10 nitrogen and oxygen atoms in total. The maximum atomic E-state index is 14.4. The molecule has 1 aliphatic heterocycles. The first-order valence-corrected chi connectivity index (χ1v) is 13.1. The van der Waals surface area contributed by atoms with Crippen LogP contribution in [0.15, 0.2) is 47.3 Å². The van der Waals surface area contributed by atoms with E-state index in [0.29, 0.717) is 30.0 Å². The fraction of sp³-hybridized carbons (Fsp3) is 0.357. The van der Waals surface area contributed by atoms with Crippen molar-refractivity contribution in [1.29, 1.82) is 0 Å². The summed E-state index contributed by atoms with van der Waals surface area (Å²) < 4.78 is 31.4. The van der Waals surface area contributed by atoms with Crippen molar-refractivity contribution >= 4 is 28.3 Å². The average Bonchev–Trinajstić information content (AvgIpc) is 3.52. The van der Waals surface area contributed by atoms with Crippen molar-refractivity contribution in [2.75, 3.05) is 36.5 Å². The molecular formula is C28H31F2N7O3. The lowest BCUT2D eigenvalue weighted by Crippen LogP contribution is -2.34. The first-order chi connectivity index (χ1) is 19.2. The van der Waals surface area contributed by atoms with Gasteiger partial charge in [-0.2, -0.15) is 9.78 Å². The number of hydrogen-bond acceptors (Lipinski definition) is 7. The minimum Gasteiger partial charge on any atom is -0.395 e. The van der Waals surface area contributed by atoms with Crippen LogP contribution in [0.5, 0.6) is 0 Å². The molecule has 0 spiro atoms. The highest BCUT2D eigenvalue weighted by molar-refractivity contribution is 6.08. The van der Waals surface area contributed by atoms with Gasteiger partial charge in [0.2, 0.25) is 0 Å². The molecule has 1 fully saturated rings. The summed E-state index contributed by atoms with van der Waals surface area (Å²) in [5, 5.41) is 19.4. The lowest BCUT2D eigenvalue weighted by atomic mass is 10.2. The smallest absolute Gasteiger partial charge is 0.276 e. The first-order valence-electron chi connectivity index (χ1n) is 13.1. The summed E-state index contributed by atoms with van der Waals surface area (Å²) in [6.45, 7) is 5.99. The predicted octanol–water partition coefficient (Wildman–Crippen LogP) is 2.93. The van der Waals surface area contributed by atoms with E-state index in [4.69, 9.17) is 4.98 Å². The van der Waals surface area contributed by atoms with Crippen LogP contribution in [0.3, 0.4) is 0 Å². The number of para-hydroxylation sites is 1. The molecule has 3 heterocycles. The van der Waals surface area contributed by atoms with Gasteiger partial charge in [-0.15, -0.1) is 0 Å². The van der Waals surface area contributed by atoms with Gasteiger partial charge in [0.1, 0.15) is 22.7 Å². The molecule has 1 amide bonds. The van der Waals surface area contributed by atoms with E-state index in [1.54, 1.807) is 6.07 Å². The highest BCUT2D eigenvalue weighted by Gasteiger charge is 2.28. The number of amides is 1. The number of benzene rings is 2. The average molecular weight is 552 g/mol. The van der Waals surface area contributed by atoms with Crippen molar-refractivity contribution in [2.45, 2.75) is 32.2 Å². The largest absolute Gasteiger partial charge is 0.395 e. The number of fused-ring (bicyclic) bond motifs is 1. The Morgan fingerprint density at radius 3 is 2.58 bits per heavy atom. The summed E-state index contributed by atoms with van der Waals surface area (Å²) in [5.41, 5.74) is 1.25. The molecule has 1 atom stereocenters. The maximum Gasteiger partial charge on any atom is 0.276 e. The van der Waals surface area contributed by atoms with Crippen LogP contribution in [0.25, 0.3) is 16.7 Å². The molecule has 210 valence electrons. The van der Waals surface area contributed by atoms with Crippen LogP contribution in [0, 0.1) is 11.6 Å². The molecule has 1 saturated heterocycles. The van der Waals surface area contributed by atoms with Crippen molar-refractivity contribution in [3.05, 3.63) is 76.0 Å². The summed E-state index contributed by atoms with van der Waals surface area (Å²) in [6, 6.07) is 9.29. The third-order valence-corrected chi connectivity index (χ3v) is 7.06. The molecule has 0 bridgehead atoms. The number of aromatic nitrogens is 4. The number of halogens is 2. The minimum absolute atomic E-state index is 0.0390. The summed E-state index contributed by atoms with van der Waals surface area (Å²) in [7, 11) is 1.96. The Bertz CT molecular complexity index is 1610. The van der Waals surface area contributed by atoms with Crippen LogP contribution in [-0.4, -0.2) is 62.6 Å². The molecule has 1 aliphatic rings. The Hall–Kier alpha value is -4.16. The summed E-state index contributed by atoms with van der Waals surface area (Å²) in [6.07, 6.45) is 0.842. The molecule has 3 N–H and O–H groups in total. The number of aliphatic hydroxyl groups is 1. The third kappa shape index (κ3) is 5.07. The number of rotatable bonds is 8. The number of aryl methyl sites for hydroxylation is 1. The standard InChI is InChI=1S/C28H31F2N7O3/c1-16(2)27-33-24-22(35(27)3)9-7-20(26(24)36-13-11-17(15-36)31-12-14-38)32-28(40)21-8-10-23(39)37(34-21)25-18(29)5-4-6-19(25)30/h4-10,16-17,31,38H,11-15H2,1-3H3,(H,32,40)/t17-/m1/s1. The first kappa shape index (κ1) is 27.4. The Labute approximate surface area is 229 Å². The summed E-state index contributed by atoms with van der Waals surface area (Å²) in [5.74, 6) is -1.54. The van der Waals surface area contributed by atoms with Gasteiger partial charge in [-0.05, 0) is 36.8 Å². The number of carbonyl (C=O) groups excluding carboxylic acids is 1. The van der Waals surface area contributed by atoms with Crippen LogP contribution in [0.2, 0.25) is 0 Å². The highest BCUT2D eigenvalue weighted by Crippen LogP contribution is 2.37. The lowest BCUT2D eigenvalue weighted by molar-refractivity contribution is 0.102. The van der Waals surface area contributed by atoms with Crippen molar-refractivity contribution in [3.8, 4) is 5.69 Å². The van der Waals surface area contributed by atoms with Crippen LogP contribution in [0.1, 0.15) is 42.5 Å². The molecular weight excluding hydrogens is 520 g/mol. The minimum atomic E-state index is -0.977. The van der Waals surface area contributed by atoms with Gasteiger partial charge in [0, 0.05) is 44.7 Å². The van der Waals surface area contributed by atoms with E-state index in [9.17, 15) is 23.5 Å². The normalized spacial score (nSPS) is 15.4. The number of anilines is 2. The van der Waals surface area contributed by atoms with Gasteiger partial charge < -0.3 is 25.2 Å². The van der Waals surface area contributed by atoms with Crippen molar-refractivity contribution in [3.63, 3.8) is 0 Å². The number of nitrogens with one attached hydrogen (secondary N) is 2. The summed E-state index contributed by atoms with van der Waals surface area (Å²) >= 11 is 0. The zero-order valence-corrected chi connectivity index (χ0v) is 22.5.